The average Bonchev–Trinajstić information content (AvgIpc) is 3.01. The van der Waals surface area contributed by atoms with Gasteiger partial charge in [0.05, 0.1) is 12.2 Å². The maximum absolute atomic E-state index is 12.1. The Morgan fingerprint density at radius 3 is 2.86 bits per heavy atom. The predicted octanol–water partition coefficient (Wildman–Crippen LogP) is 1.15. The van der Waals surface area contributed by atoms with Crippen LogP contribution in [0, 0.1) is 12.8 Å². The van der Waals surface area contributed by atoms with Gasteiger partial charge >= 0.3 is 0 Å². The molecule has 0 aliphatic carbocycles. The lowest BCUT2D eigenvalue weighted by Gasteiger charge is -2.24. The van der Waals surface area contributed by atoms with Crippen LogP contribution in [0.2, 0.25) is 0 Å². The molecule has 116 valence electrons. The summed E-state index contributed by atoms with van der Waals surface area (Å²) in [5, 5.41) is 7.54. The Labute approximate surface area is 129 Å². The molecule has 2 aromatic heterocycles. The second kappa shape index (κ2) is 5.75. The summed E-state index contributed by atoms with van der Waals surface area (Å²) in [5.74, 6) is 1.15. The number of rotatable bonds is 4. The minimum Gasteiger partial charge on any atom is -0.370 e. The first-order chi connectivity index (χ1) is 10.5. The zero-order chi connectivity index (χ0) is 15.7. The normalized spacial score (nSPS) is 21.4. The van der Waals surface area contributed by atoms with Gasteiger partial charge in [0.2, 0.25) is 5.91 Å². The Bertz CT molecular complexity index is 682. The number of carbonyl (C=O) groups excluding carboxylic acids is 1. The van der Waals surface area contributed by atoms with Gasteiger partial charge in [0.1, 0.15) is 12.1 Å². The molecular formula is C15H20N6O. The van der Waals surface area contributed by atoms with Gasteiger partial charge in [-0.15, -0.1) is 0 Å². The van der Waals surface area contributed by atoms with E-state index in [1.54, 1.807) is 11.0 Å². The highest BCUT2D eigenvalue weighted by Gasteiger charge is 2.38. The van der Waals surface area contributed by atoms with Crippen molar-refractivity contribution in [1.29, 1.82) is 0 Å². The van der Waals surface area contributed by atoms with Crippen LogP contribution >= 0.6 is 0 Å². The number of anilines is 1. The van der Waals surface area contributed by atoms with Crippen LogP contribution in [0.25, 0.3) is 0 Å². The third-order valence-electron chi connectivity index (χ3n) is 4.11. The van der Waals surface area contributed by atoms with Gasteiger partial charge in [-0.2, -0.15) is 5.10 Å². The summed E-state index contributed by atoms with van der Waals surface area (Å²) in [6.07, 6.45) is 5.89. The van der Waals surface area contributed by atoms with Crippen LogP contribution in [0.4, 0.5) is 5.82 Å². The van der Waals surface area contributed by atoms with E-state index >= 15 is 0 Å². The van der Waals surface area contributed by atoms with Gasteiger partial charge in [0, 0.05) is 56.5 Å². The van der Waals surface area contributed by atoms with Crippen LogP contribution in [0.1, 0.15) is 23.7 Å². The van der Waals surface area contributed by atoms with Crippen molar-refractivity contribution >= 4 is 11.7 Å². The van der Waals surface area contributed by atoms with Crippen molar-refractivity contribution in [3.63, 3.8) is 0 Å². The monoisotopic (exact) mass is 300 g/mol. The zero-order valence-corrected chi connectivity index (χ0v) is 13.0. The fraction of sp³-hybridized carbons (Fsp3) is 0.467. The topological polar surface area (TPSA) is 75.9 Å². The van der Waals surface area contributed by atoms with Crippen LogP contribution in [-0.4, -0.2) is 44.1 Å². The SMILES string of the molecule is Cc1cc(NC[C@@H]2CC(=O)N(C)[C@H]2c2cnn(C)c2)ncn1. The molecular weight excluding hydrogens is 280 g/mol. The highest BCUT2D eigenvalue weighted by molar-refractivity contribution is 5.79. The summed E-state index contributed by atoms with van der Waals surface area (Å²) < 4.78 is 1.77. The van der Waals surface area contributed by atoms with Crippen molar-refractivity contribution in [3.8, 4) is 0 Å². The van der Waals surface area contributed by atoms with E-state index in [1.165, 1.54) is 0 Å². The fourth-order valence-electron chi connectivity index (χ4n) is 3.01. The van der Waals surface area contributed by atoms with E-state index in [4.69, 9.17) is 0 Å². The lowest BCUT2D eigenvalue weighted by atomic mass is 9.96. The molecule has 0 saturated carbocycles. The molecule has 1 saturated heterocycles. The van der Waals surface area contributed by atoms with Gasteiger partial charge in [0.15, 0.2) is 0 Å². The molecule has 0 unspecified atom stereocenters. The Balaban J connectivity index is 1.75. The Morgan fingerprint density at radius 1 is 1.36 bits per heavy atom. The van der Waals surface area contributed by atoms with Gasteiger partial charge in [-0.25, -0.2) is 9.97 Å². The average molecular weight is 300 g/mol. The lowest BCUT2D eigenvalue weighted by Crippen LogP contribution is -2.26. The Hall–Kier alpha value is -2.44. The largest absolute Gasteiger partial charge is 0.370 e. The standard InChI is InChI=1S/C15H20N6O/c1-10-4-13(18-9-17-10)16-6-11-5-14(22)21(3)15(11)12-7-19-20(2)8-12/h4,7-9,11,15H,5-6H2,1-3H3,(H,16,17,18)/t11-,15+/m0/s1. The number of hydrogen-bond acceptors (Lipinski definition) is 5. The van der Waals surface area contributed by atoms with E-state index in [9.17, 15) is 4.79 Å². The van der Waals surface area contributed by atoms with Gasteiger partial charge in [-0.3, -0.25) is 9.48 Å². The van der Waals surface area contributed by atoms with Crippen molar-refractivity contribution in [3.05, 3.63) is 36.0 Å². The second-order valence-electron chi connectivity index (χ2n) is 5.79. The number of aromatic nitrogens is 4. The molecule has 1 N–H and O–H groups in total. The molecule has 22 heavy (non-hydrogen) atoms. The maximum atomic E-state index is 12.1. The number of nitrogens with one attached hydrogen (secondary N) is 1. The van der Waals surface area contributed by atoms with Crippen LogP contribution < -0.4 is 5.32 Å². The van der Waals surface area contributed by atoms with E-state index in [-0.39, 0.29) is 17.9 Å². The number of nitrogens with zero attached hydrogens (tertiary/aromatic N) is 5. The van der Waals surface area contributed by atoms with E-state index in [2.05, 4.69) is 20.4 Å². The van der Waals surface area contributed by atoms with Crippen molar-refractivity contribution in [2.45, 2.75) is 19.4 Å². The molecule has 0 bridgehead atoms. The minimum absolute atomic E-state index is 0.0524. The van der Waals surface area contributed by atoms with Crippen LogP contribution in [0.15, 0.2) is 24.8 Å². The molecule has 0 spiro atoms. The van der Waals surface area contributed by atoms with E-state index in [0.29, 0.717) is 13.0 Å². The van der Waals surface area contributed by atoms with E-state index in [0.717, 1.165) is 17.1 Å². The van der Waals surface area contributed by atoms with Gasteiger partial charge < -0.3 is 10.2 Å². The summed E-state index contributed by atoms with van der Waals surface area (Å²) in [5.41, 5.74) is 1.99. The van der Waals surface area contributed by atoms with E-state index < -0.39 is 0 Å². The Kier molecular flexibility index (Phi) is 3.79. The Morgan fingerprint density at radius 2 is 2.18 bits per heavy atom. The molecule has 1 amide bonds. The molecule has 2 atom stereocenters. The molecule has 0 radical (unpaired) electrons. The van der Waals surface area contributed by atoms with Gasteiger partial charge in [-0.05, 0) is 6.92 Å². The smallest absolute Gasteiger partial charge is 0.223 e. The number of likely N-dealkylation sites (tertiary alicyclic amines) is 1. The predicted molar refractivity (Wildman–Crippen MR) is 82.1 cm³/mol. The summed E-state index contributed by atoms with van der Waals surface area (Å²) in [6.45, 7) is 2.62. The molecule has 1 aliphatic rings. The van der Waals surface area contributed by atoms with Crippen molar-refractivity contribution in [2.75, 3.05) is 18.9 Å². The van der Waals surface area contributed by atoms with Crippen LogP contribution in [-0.2, 0) is 11.8 Å². The minimum atomic E-state index is 0.0524. The summed E-state index contributed by atoms with van der Waals surface area (Å²) in [4.78, 5) is 22.2. The number of amides is 1. The molecule has 7 nitrogen and oxygen atoms in total. The van der Waals surface area contributed by atoms with Gasteiger partial charge in [0.25, 0.3) is 0 Å². The number of hydrogen-bond donors (Lipinski definition) is 1. The highest BCUT2D eigenvalue weighted by atomic mass is 16.2. The first-order valence-corrected chi connectivity index (χ1v) is 7.31. The summed E-state index contributed by atoms with van der Waals surface area (Å²) >= 11 is 0. The second-order valence-corrected chi connectivity index (χ2v) is 5.79. The van der Waals surface area contributed by atoms with Crippen molar-refractivity contribution in [2.24, 2.45) is 13.0 Å². The van der Waals surface area contributed by atoms with Gasteiger partial charge in [-0.1, -0.05) is 0 Å². The summed E-state index contributed by atoms with van der Waals surface area (Å²) in [7, 11) is 3.74. The molecule has 0 aromatic carbocycles. The van der Waals surface area contributed by atoms with Crippen LogP contribution in [0.3, 0.4) is 0 Å². The maximum Gasteiger partial charge on any atom is 0.223 e. The third-order valence-corrected chi connectivity index (χ3v) is 4.11. The first kappa shape index (κ1) is 14.5. The number of carbonyl (C=O) groups is 1. The van der Waals surface area contributed by atoms with E-state index in [1.807, 2.05) is 44.4 Å². The third kappa shape index (κ3) is 2.79. The highest BCUT2D eigenvalue weighted by Crippen LogP contribution is 2.36. The molecule has 3 rings (SSSR count). The molecule has 1 aliphatic heterocycles. The molecule has 1 fully saturated rings. The quantitative estimate of drug-likeness (QED) is 0.916. The number of aryl methyl sites for hydroxylation is 2. The van der Waals surface area contributed by atoms with Crippen molar-refractivity contribution < 1.29 is 4.79 Å². The lowest BCUT2D eigenvalue weighted by molar-refractivity contribution is -0.127. The van der Waals surface area contributed by atoms with Crippen molar-refractivity contribution in [1.82, 2.24) is 24.6 Å². The molecule has 2 aromatic rings. The summed E-state index contributed by atoms with van der Waals surface area (Å²) in [6, 6.07) is 1.95. The molecule has 7 heteroatoms. The zero-order valence-electron chi connectivity index (χ0n) is 13.0. The first-order valence-electron chi connectivity index (χ1n) is 7.31. The molecule has 3 heterocycles. The fourth-order valence-corrected chi connectivity index (χ4v) is 3.01. The van der Waals surface area contributed by atoms with Crippen LogP contribution in [0.5, 0.6) is 0 Å².